The highest BCUT2D eigenvalue weighted by Crippen LogP contribution is 2.10. The van der Waals surface area contributed by atoms with E-state index in [-0.39, 0.29) is 5.91 Å². The molecule has 0 unspecified atom stereocenters. The summed E-state index contributed by atoms with van der Waals surface area (Å²) in [5.41, 5.74) is 2.94. The highest BCUT2D eigenvalue weighted by Gasteiger charge is 2.14. The van der Waals surface area contributed by atoms with Crippen LogP contribution < -0.4 is 5.32 Å². The maximum atomic E-state index is 12.4. The number of fused-ring (bicyclic) bond motifs is 1. The Labute approximate surface area is 152 Å². The van der Waals surface area contributed by atoms with Crippen LogP contribution in [0, 0.1) is 0 Å². The van der Waals surface area contributed by atoms with E-state index in [1.807, 2.05) is 12.4 Å². The number of nitrogens with zero attached hydrogens (tertiary/aromatic N) is 6. The molecule has 0 aliphatic rings. The summed E-state index contributed by atoms with van der Waals surface area (Å²) in [7, 11) is 0. The normalized spacial score (nSPS) is 11.2. The van der Waals surface area contributed by atoms with Gasteiger partial charge in [0.1, 0.15) is 5.56 Å². The number of amides is 1. The summed E-state index contributed by atoms with van der Waals surface area (Å²) in [5, 5.41) is 7.16. The van der Waals surface area contributed by atoms with Gasteiger partial charge in [-0.15, -0.1) is 0 Å². The van der Waals surface area contributed by atoms with Gasteiger partial charge in [-0.1, -0.05) is 13.8 Å². The molecule has 3 aromatic heterocycles. The predicted octanol–water partition coefficient (Wildman–Crippen LogP) is 1.33. The standard InChI is InChI=1S/C18H23N7O/c1-3-24(4-2)12-14-9-22-17-16(11-23-25(17)13-14)18(26)21-6-5-15-10-19-7-8-20-15/h7-11,13H,3-6,12H2,1-2H3,(H,21,26). The zero-order valence-corrected chi connectivity index (χ0v) is 15.1. The zero-order chi connectivity index (χ0) is 18.4. The molecule has 136 valence electrons. The Balaban J connectivity index is 1.65. The molecular formula is C18H23N7O. The lowest BCUT2D eigenvalue weighted by Gasteiger charge is -2.17. The van der Waals surface area contributed by atoms with E-state index < -0.39 is 0 Å². The van der Waals surface area contributed by atoms with Gasteiger partial charge in [0, 0.05) is 56.1 Å². The van der Waals surface area contributed by atoms with Crippen LogP contribution >= 0.6 is 0 Å². The Kier molecular flexibility index (Phi) is 5.85. The van der Waals surface area contributed by atoms with Crippen molar-refractivity contribution in [3.05, 3.63) is 54.0 Å². The van der Waals surface area contributed by atoms with Crippen LogP contribution in [0.2, 0.25) is 0 Å². The van der Waals surface area contributed by atoms with Crippen molar-refractivity contribution in [3.63, 3.8) is 0 Å². The number of rotatable bonds is 8. The Morgan fingerprint density at radius 3 is 2.73 bits per heavy atom. The number of carbonyl (C=O) groups is 1. The lowest BCUT2D eigenvalue weighted by molar-refractivity contribution is 0.0955. The van der Waals surface area contributed by atoms with Crippen molar-refractivity contribution < 1.29 is 4.79 Å². The molecule has 0 aliphatic carbocycles. The average molecular weight is 353 g/mol. The predicted molar refractivity (Wildman–Crippen MR) is 97.7 cm³/mol. The summed E-state index contributed by atoms with van der Waals surface area (Å²) in [6.45, 7) is 7.52. The fourth-order valence-electron chi connectivity index (χ4n) is 2.72. The van der Waals surface area contributed by atoms with Crippen LogP contribution in [0.25, 0.3) is 5.65 Å². The molecule has 26 heavy (non-hydrogen) atoms. The van der Waals surface area contributed by atoms with Gasteiger partial charge in [0.25, 0.3) is 5.91 Å². The summed E-state index contributed by atoms with van der Waals surface area (Å²) in [5.74, 6) is -0.187. The Hall–Kier alpha value is -2.87. The number of nitrogens with one attached hydrogen (secondary N) is 1. The summed E-state index contributed by atoms with van der Waals surface area (Å²) in [4.78, 5) is 27.4. The van der Waals surface area contributed by atoms with Crippen molar-refractivity contribution in [2.24, 2.45) is 0 Å². The van der Waals surface area contributed by atoms with Gasteiger partial charge in [-0.25, -0.2) is 9.50 Å². The van der Waals surface area contributed by atoms with Crippen LogP contribution in [0.1, 0.15) is 35.5 Å². The first-order valence-corrected chi connectivity index (χ1v) is 8.79. The summed E-state index contributed by atoms with van der Waals surface area (Å²) in [6.07, 6.45) is 10.9. The Bertz CT molecular complexity index is 858. The molecule has 0 aromatic carbocycles. The smallest absolute Gasteiger partial charge is 0.256 e. The van der Waals surface area contributed by atoms with Gasteiger partial charge >= 0.3 is 0 Å². The lowest BCUT2D eigenvalue weighted by atomic mass is 10.2. The average Bonchev–Trinajstić information content (AvgIpc) is 3.10. The van der Waals surface area contributed by atoms with Crippen LogP contribution in [0.15, 0.2) is 37.2 Å². The molecule has 0 atom stereocenters. The Morgan fingerprint density at radius 1 is 1.15 bits per heavy atom. The van der Waals surface area contributed by atoms with Crippen molar-refractivity contribution in [2.45, 2.75) is 26.8 Å². The number of hydrogen-bond donors (Lipinski definition) is 1. The molecule has 3 aromatic rings. The van der Waals surface area contributed by atoms with Gasteiger partial charge in [0.15, 0.2) is 5.65 Å². The molecule has 0 spiro atoms. The molecule has 0 radical (unpaired) electrons. The highest BCUT2D eigenvalue weighted by atomic mass is 16.1. The topological polar surface area (TPSA) is 88.3 Å². The van der Waals surface area contributed by atoms with Gasteiger partial charge < -0.3 is 5.32 Å². The maximum absolute atomic E-state index is 12.4. The van der Waals surface area contributed by atoms with E-state index in [0.29, 0.717) is 24.2 Å². The molecule has 8 nitrogen and oxygen atoms in total. The van der Waals surface area contributed by atoms with E-state index in [1.54, 1.807) is 29.3 Å². The molecule has 0 saturated heterocycles. The molecule has 0 fully saturated rings. The minimum Gasteiger partial charge on any atom is -0.351 e. The second kappa shape index (κ2) is 8.48. The van der Waals surface area contributed by atoms with E-state index in [4.69, 9.17) is 0 Å². The molecule has 0 saturated carbocycles. The third-order valence-electron chi connectivity index (χ3n) is 4.24. The summed E-state index contributed by atoms with van der Waals surface area (Å²) < 4.78 is 1.66. The summed E-state index contributed by atoms with van der Waals surface area (Å²) in [6, 6.07) is 0. The quantitative estimate of drug-likeness (QED) is 0.657. The molecule has 8 heteroatoms. The van der Waals surface area contributed by atoms with E-state index in [9.17, 15) is 4.79 Å². The highest BCUT2D eigenvalue weighted by molar-refractivity contribution is 5.99. The molecule has 0 aliphatic heterocycles. The second-order valence-electron chi connectivity index (χ2n) is 5.95. The van der Waals surface area contributed by atoms with Crippen LogP contribution in [-0.2, 0) is 13.0 Å². The SMILES string of the molecule is CCN(CC)Cc1cnc2c(C(=O)NCCc3cnccn3)cnn2c1. The largest absolute Gasteiger partial charge is 0.351 e. The van der Waals surface area contributed by atoms with Crippen LogP contribution in [-0.4, -0.2) is 55.0 Å². The van der Waals surface area contributed by atoms with E-state index in [1.165, 1.54) is 0 Å². The molecule has 3 rings (SSSR count). The van der Waals surface area contributed by atoms with Gasteiger partial charge in [-0.05, 0) is 13.1 Å². The van der Waals surface area contributed by atoms with Crippen LogP contribution in [0.4, 0.5) is 0 Å². The minimum absolute atomic E-state index is 0.187. The van der Waals surface area contributed by atoms with E-state index in [0.717, 1.165) is 30.9 Å². The molecule has 0 bridgehead atoms. The van der Waals surface area contributed by atoms with E-state index >= 15 is 0 Å². The third kappa shape index (κ3) is 4.20. The first-order chi connectivity index (χ1) is 12.7. The van der Waals surface area contributed by atoms with Crippen LogP contribution in [0.5, 0.6) is 0 Å². The van der Waals surface area contributed by atoms with Gasteiger partial charge in [0.2, 0.25) is 0 Å². The second-order valence-corrected chi connectivity index (χ2v) is 5.95. The fourth-order valence-corrected chi connectivity index (χ4v) is 2.72. The van der Waals surface area contributed by atoms with Gasteiger partial charge in [-0.2, -0.15) is 5.10 Å². The molecule has 1 N–H and O–H groups in total. The van der Waals surface area contributed by atoms with Crippen molar-refractivity contribution in [3.8, 4) is 0 Å². The number of carbonyl (C=O) groups excluding carboxylic acids is 1. The zero-order valence-electron chi connectivity index (χ0n) is 15.1. The van der Waals surface area contributed by atoms with Crippen molar-refractivity contribution in [2.75, 3.05) is 19.6 Å². The number of aromatic nitrogens is 5. The van der Waals surface area contributed by atoms with Crippen molar-refractivity contribution >= 4 is 11.6 Å². The molecule has 1 amide bonds. The Morgan fingerprint density at radius 2 is 2.00 bits per heavy atom. The lowest BCUT2D eigenvalue weighted by Crippen LogP contribution is -2.26. The molecular weight excluding hydrogens is 330 g/mol. The third-order valence-corrected chi connectivity index (χ3v) is 4.24. The monoisotopic (exact) mass is 353 g/mol. The maximum Gasteiger partial charge on any atom is 0.256 e. The minimum atomic E-state index is -0.187. The van der Waals surface area contributed by atoms with Crippen LogP contribution in [0.3, 0.4) is 0 Å². The fraction of sp³-hybridized carbons (Fsp3) is 0.389. The number of hydrogen-bond acceptors (Lipinski definition) is 6. The first kappa shape index (κ1) is 17.9. The van der Waals surface area contributed by atoms with Crippen molar-refractivity contribution in [1.29, 1.82) is 0 Å². The van der Waals surface area contributed by atoms with Gasteiger partial charge in [-0.3, -0.25) is 19.7 Å². The molecule has 3 heterocycles. The van der Waals surface area contributed by atoms with E-state index in [2.05, 4.69) is 44.1 Å². The first-order valence-electron chi connectivity index (χ1n) is 8.79. The summed E-state index contributed by atoms with van der Waals surface area (Å²) >= 11 is 0. The van der Waals surface area contributed by atoms with Gasteiger partial charge in [0.05, 0.1) is 11.9 Å². The van der Waals surface area contributed by atoms with Crippen molar-refractivity contribution in [1.82, 2.24) is 34.8 Å².